The number of carbonyl (C=O) groups excluding carboxylic acids is 2. The normalized spacial score (nSPS) is 39.4. The summed E-state index contributed by atoms with van der Waals surface area (Å²) in [7, 11) is 0. The van der Waals surface area contributed by atoms with Crippen LogP contribution in [0.4, 0.5) is 0 Å². The van der Waals surface area contributed by atoms with Crippen molar-refractivity contribution in [3.8, 4) is 0 Å². The molecule has 0 radical (unpaired) electrons. The second-order valence-corrected chi connectivity index (χ2v) is 8.81. The Bertz CT molecular complexity index is 833. The largest absolute Gasteiger partial charge is 0.459 e. The highest BCUT2D eigenvalue weighted by Gasteiger charge is 2.68. The summed E-state index contributed by atoms with van der Waals surface area (Å²) in [4.78, 5) is 25.1. The number of rotatable bonds is 3. The molecule has 2 fully saturated rings. The summed E-state index contributed by atoms with van der Waals surface area (Å²) in [5.41, 5.74) is -2.18. The molecule has 1 aliphatic heterocycles. The summed E-state index contributed by atoms with van der Waals surface area (Å²) in [6.45, 7) is 3.67. The molecule has 4 rings (SSSR count). The van der Waals surface area contributed by atoms with E-state index in [0.29, 0.717) is 12.0 Å². The molecule has 28 heavy (non-hydrogen) atoms. The Morgan fingerprint density at radius 2 is 1.96 bits per heavy atom. The predicted molar refractivity (Wildman–Crippen MR) is 100 cm³/mol. The maximum absolute atomic E-state index is 12.8. The predicted octanol–water partition coefficient (Wildman–Crippen LogP) is 2.24. The summed E-state index contributed by atoms with van der Waals surface area (Å²) in [6.07, 6.45) is 3.00. The quantitative estimate of drug-likeness (QED) is 0.774. The number of benzene rings is 1. The van der Waals surface area contributed by atoms with Crippen molar-refractivity contribution >= 4 is 11.9 Å². The van der Waals surface area contributed by atoms with Gasteiger partial charge in [-0.05, 0) is 36.5 Å². The fourth-order valence-corrected chi connectivity index (χ4v) is 5.64. The molecule has 5 atom stereocenters. The zero-order valence-corrected chi connectivity index (χ0v) is 16.2. The minimum Gasteiger partial charge on any atom is -0.459 e. The van der Waals surface area contributed by atoms with E-state index < -0.39 is 34.5 Å². The van der Waals surface area contributed by atoms with Crippen LogP contribution in [0, 0.1) is 16.7 Å². The lowest BCUT2D eigenvalue weighted by Crippen LogP contribution is -2.65. The van der Waals surface area contributed by atoms with Gasteiger partial charge in [-0.15, -0.1) is 0 Å². The molecule has 1 saturated carbocycles. The average Bonchev–Trinajstić information content (AvgIpc) is 2.98. The topological polar surface area (TPSA) is 93.1 Å². The average molecular weight is 386 g/mol. The van der Waals surface area contributed by atoms with E-state index in [9.17, 15) is 19.8 Å². The van der Waals surface area contributed by atoms with E-state index in [0.717, 1.165) is 12.8 Å². The number of ether oxygens (including phenoxy) is 2. The van der Waals surface area contributed by atoms with Crippen molar-refractivity contribution in [1.82, 2.24) is 0 Å². The smallest absolute Gasteiger partial charge is 0.338 e. The summed E-state index contributed by atoms with van der Waals surface area (Å²) in [5.74, 6) is -1.42. The monoisotopic (exact) mass is 386 g/mol. The summed E-state index contributed by atoms with van der Waals surface area (Å²) >= 11 is 0. The number of carbonyl (C=O) groups is 2. The third-order valence-electron chi connectivity index (χ3n) is 7.18. The molecular formula is C22H26O6. The molecule has 6 heteroatoms. The van der Waals surface area contributed by atoms with E-state index in [-0.39, 0.29) is 24.7 Å². The van der Waals surface area contributed by atoms with E-state index in [1.807, 2.05) is 19.9 Å². The number of hydrogen-bond acceptors (Lipinski definition) is 6. The van der Waals surface area contributed by atoms with Crippen LogP contribution in [0.25, 0.3) is 0 Å². The maximum Gasteiger partial charge on any atom is 0.338 e. The Hall–Kier alpha value is -2.18. The van der Waals surface area contributed by atoms with Crippen LogP contribution in [-0.4, -0.2) is 47.1 Å². The van der Waals surface area contributed by atoms with Crippen LogP contribution in [0.2, 0.25) is 0 Å². The van der Waals surface area contributed by atoms with Crippen LogP contribution in [0.1, 0.15) is 43.5 Å². The lowest BCUT2D eigenvalue weighted by molar-refractivity contribution is -0.185. The molecule has 0 amide bonds. The molecule has 1 heterocycles. The van der Waals surface area contributed by atoms with Crippen LogP contribution in [-0.2, 0) is 14.3 Å². The van der Waals surface area contributed by atoms with E-state index in [2.05, 4.69) is 0 Å². The number of cyclic esters (lactones) is 1. The second kappa shape index (κ2) is 6.42. The van der Waals surface area contributed by atoms with Crippen LogP contribution in [0.15, 0.2) is 42.0 Å². The van der Waals surface area contributed by atoms with Crippen molar-refractivity contribution in [3.63, 3.8) is 0 Å². The Kier molecular flexibility index (Phi) is 4.39. The fraction of sp³-hybridized carbons (Fsp3) is 0.545. The zero-order chi connectivity index (χ0) is 20.2. The second-order valence-electron chi connectivity index (χ2n) is 8.81. The number of aliphatic hydroxyl groups excluding tert-OH is 1. The lowest BCUT2D eigenvalue weighted by atomic mass is 9.46. The van der Waals surface area contributed by atoms with Crippen molar-refractivity contribution in [2.24, 2.45) is 16.7 Å². The number of hydrogen-bond donors (Lipinski definition) is 2. The Morgan fingerprint density at radius 1 is 1.25 bits per heavy atom. The number of aliphatic hydroxyl groups is 2. The summed E-state index contributed by atoms with van der Waals surface area (Å²) < 4.78 is 11.1. The van der Waals surface area contributed by atoms with Crippen molar-refractivity contribution in [1.29, 1.82) is 0 Å². The number of esters is 2. The van der Waals surface area contributed by atoms with Gasteiger partial charge in [-0.1, -0.05) is 38.5 Å². The molecule has 150 valence electrons. The highest BCUT2D eigenvalue weighted by molar-refractivity contribution is 5.94. The van der Waals surface area contributed by atoms with Gasteiger partial charge in [0.05, 0.1) is 11.1 Å². The van der Waals surface area contributed by atoms with Crippen molar-refractivity contribution in [2.45, 2.75) is 44.8 Å². The van der Waals surface area contributed by atoms with E-state index >= 15 is 0 Å². The third-order valence-corrected chi connectivity index (χ3v) is 7.18. The molecule has 3 aliphatic rings. The summed E-state index contributed by atoms with van der Waals surface area (Å²) in [6, 6.07) is 8.67. The molecule has 1 aromatic rings. The Labute approximate surface area is 164 Å². The van der Waals surface area contributed by atoms with E-state index in [1.54, 1.807) is 30.3 Å². The van der Waals surface area contributed by atoms with Crippen LogP contribution >= 0.6 is 0 Å². The Morgan fingerprint density at radius 3 is 2.64 bits per heavy atom. The molecule has 1 aromatic carbocycles. The van der Waals surface area contributed by atoms with Crippen LogP contribution in [0.5, 0.6) is 0 Å². The molecule has 1 saturated heterocycles. The minimum absolute atomic E-state index is 0.0965. The number of fused-ring (bicyclic) bond motifs is 3. The molecule has 0 spiro atoms. The molecule has 2 N–H and O–H groups in total. The SMILES string of the molecule is C[C@]1(CO)CCC[C@]2(C)[C@@H]1[C@H](OC(=O)c1ccccc1)C=C1C(=O)OC[C@@]12O. The zero-order valence-electron chi connectivity index (χ0n) is 16.2. The van der Waals surface area contributed by atoms with Crippen LogP contribution in [0.3, 0.4) is 0 Å². The maximum atomic E-state index is 12.8. The third kappa shape index (κ3) is 2.54. The Balaban J connectivity index is 1.80. The van der Waals surface area contributed by atoms with Gasteiger partial charge in [0.2, 0.25) is 0 Å². The van der Waals surface area contributed by atoms with Gasteiger partial charge in [-0.3, -0.25) is 0 Å². The first-order valence-corrected chi connectivity index (χ1v) is 9.74. The standard InChI is InChI=1S/C22H26O6/c1-20(12-23)9-6-10-21(2)17(20)16(11-15-19(25)27-13-22(15,21)26)28-18(24)14-7-4-3-5-8-14/h3-5,7-8,11,16-17,23,26H,6,9-10,12-13H2,1-2H3/t16-,17-,20-,21-,22-/m1/s1. The molecule has 6 nitrogen and oxygen atoms in total. The van der Waals surface area contributed by atoms with Gasteiger partial charge in [0.25, 0.3) is 0 Å². The van der Waals surface area contributed by atoms with Crippen molar-refractivity contribution in [3.05, 3.63) is 47.5 Å². The molecule has 0 aromatic heterocycles. The van der Waals surface area contributed by atoms with Crippen molar-refractivity contribution in [2.75, 3.05) is 13.2 Å². The first-order chi connectivity index (χ1) is 13.2. The van der Waals surface area contributed by atoms with Gasteiger partial charge >= 0.3 is 11.9 Å². The van der Waals surface area contributed by atoms with Gasteiger partial charge in [0, 0.05) is 17.9 Å². The lowest BCUT2D eigenvalue weighted by Gasteiger charge is -2.60. The van der Waals surface area contributed by atoms with Gasteiger partial charge in [-0.25, -0.2) is 9.59 Å². The fourth-order valence-electron chi connectivity index (χ4n) is 5.64. The molecule has 0 unspecified atom stereocenters. The molecule has 0 bridgehead atoms. The van der Waals surface area contributed by atoms with E-state index in [1.165, 1.54) is 0 Å². The van der Waals surface area contributed by atoms with Gasteiger partial charge in [0.15, 0.2) is 0 Å². The highest BCUT2D eigenvalue weighted by Crippen LogP contribution is 2.63. The highest BCUT2D eigenvalue weighted by atomic mass is 16.6. The molecule has 2 aliphatic carbocycles. The molecular weight excluding hydrogens is 360 g/mol. The first kappa shape index (κ1) is 19.2. The van der Waals surface area contributed by atoms with Crippen LogP contribution < -0.4 is 0 Å². The minimum atomic E-state index is -1.44. The summed E-state index contributed by atoms with van der Waals surface area (Å²) in [5, 5.41) is 21.7. The van der Waals surface area contributed by atoms with Crippen molar-refractivity contribution < 1.29 is 29.3 Å². The van der Waals surface area contributed by atoms with E-state index in [4.69, 9.17) is 9.47 Å². The van der Waals surface area contributed by atoms with Gasteiger partial charge in [-0.2, -0.15) is 0 Å². The van der Waals surface area contributed by atoms with Gasteiger partial charge in [0.1, 0.15) is 18.3 Å². The van der Waals surface area contributed by atoms with Gasteiger partial charge < -0.3 is 19.7 Å². The first-order valence-electron chi connectivity index (χ1n) is 9.74.